The predicted octanol–water partition coefficient (Wildman–Crippen LogP) is -1.64. The molecule has 3 N–H and O–H groups in total. The van der Waals surface area contributed by atoms with E-state index in [1.165, 1.54) is 13.0 Å². The van der Waals surface area contributed by atoms with Crippen LogP contribution in [0.15, 0.2) is 0 Å². The molecule has 0 aromatic heterocycles. The van der Waals surface area contributed by atoms with Gasteiger partial charge in [-0.05, 0) is 0 Å². The minimum atomic E-state index is 0.0382. The van der Waals surface area contributed by atoms with Gasteiger partial charge in [-0.2, -0.15) is 0 Å². The summed E-state index contributed by atoms with van der Waals surface area (Å²) in [6, 6.07) is 0. The second kappa shape index (κ2) is 3.69. The average Bonchev–Trinajstić information content (AvgIpc) is 1.41. The number of aliphatic hydroxyl groups is 1. The maximum atomic E-state index is 7.90. The van der Waals surface area contributed by atoms with E-state index in [2.05, 4.69) is 0 Å². The van der Waals surface area contributed by atoms with Gasteiger partial charge in [-0.15, -0.1) is 0 Å². The molecule has 0 aliphatic carbocycles. The molecule has 0 aliphatic rings. The molecule has 0 aliphatic heterocycles. The second-order valence-electron chi connectivity index (χ2n) is 0.611. The van der Waals surface area contributed by atoms with Gasteiger partial charge in [0, 0.05) is 0 Å². The molecule has 3 heteroatoms. The Labute approximate surface area is 31.5 Å². The van der Waals surface area contributed by atoms with E-state index < -0.39 is 0 Å². The Morgan fingerprint density at radius 2 is 2.60 bits per heavy atom. The molecule has 5 heavy (non-hydrogen) atoms. The summed E-state index contributed by atoms with van der Waals surface area (Å²) in [6.45, 7) is 0.0382. The number of nitrogens with two attached hydrogens (primary N) is 1. The van der Waals surface area contributed by atoms with E-state index in [1.807, 2.05) is 0 Å². The molecule has 28 valence electrons. The van der Waals surface area contributed by atoms with Gasteiger partial charge >= 0.3 is 30.4 Å². The Morgan fingerprint density at radius 3 is 2.60 bits per heavy atom. The summed E-state index contributed by atoms with van der Waals surface area (Å²) in [4.78, 5) is 0. The molecule has 0 heterocycles. The topological polar surface area (TPSA) is 46.2 Å². The Balaban J connectivity index is 2.62. The summed E-state index contributed by atoms with van der Waals surface area (Å²) in [5.41, 5.74) is 4.80. The summed E-state index contributed by atoms with van der Waals surface area (Å²) in [5.74, 6) is 1.46. The molecule has 0 saturated carbocycles. The third-order valence-corrected chi connectivity index (χ3v) is 0.241. The quantitative estimate of drug-likeness (QED) is 0.364. The third kappa shape index (κ3) is 3.69. The zero-order valence-corrected chi connectivity index (χ0v) is 2.89. The normalized spacial score (nSPS) is 8.20. The van der Waals surface area contributed by atoms with Crippen molar-refractivity contribution in [2.24, 2.45) is 5.64 Å². The van der Waals surface area contributed by atoms with Gasteiger partial charge in [0.1, 0.15) is 0 Å². The SMILES string of the molecule is NB=CCO. The number of aliphatic hydroxyl groups excluding tert-OH is 1. The van der Waals surface area contributed by atoms with Crippen molar-refractivity contribution in [3.05, 3.63) is 0 Å². The van der Waals surface area contributed by atoms with Crippen LogP contribution in [0.4, 0.5) is 0 Å². The summed E-state index contributed by atoms with van der Waals surface area (Å²) in [5, 5.41) is 7.90. The van der Waals surface area contributed by atoms with Gasteiger partial charge < -0.3 is 0 Å². The summed E-state index contributed by atoms with van der Waals surface area (Å²) in [7, 11) is 1.31. The first-order valence-corrected chi connectivity index (χ1v) is 1.39. The van der Waals surface area contributed by atoms with E-state index in [0.717, 1.165) is 0 Å². The summed E-state index contributed by atoms with van der Waals surface area (Å²) >= 11 is 0. The van der Waals surface area contributed by atoms with Crippen LogP contribution in [0.25, 0.3) is 0 Å². The van der Waals surface area contributed by atoms with Gasteiger partial charge in [0.05, 0.1) is 0 Å². The number of rotatable bonds is 1. The van der Waals surface area contributed by atoms with Crippen molar-refractivity contribution in [1.29, 1.82) is 0 Å². The first-order valence-electron chi connectivity index (χ1n) is 1.39. The maximum absolute atomic E-state index is 7.90. The van der Waals surface area contributed by atoms with E-state index in [9.17, 15) is 0 Å². The molecule has 0 fully saturated rings. The third-order valence-electron chi connectivity index (χ3n) is 0.241. The predicted molar refractivity (Wildman–Crippen MR) is 23.1 cm³/mol. The zero-order chi connectivity index (χ0) is 4.12. The standard InChI is InChI=1S/C2H6BNO/c4-3-1-2-5/h1,5H,2,4H2. The van der Waals surface area contributed by atoms with Crippen LogP contribution in [-0.2, 0) is 0 Å². The van der Waals surface area contributed by atoms with Crippen LogP contribution in [0.2, 0.25) is 0 Å². The van der Waals surface area contributed by atoms with E-state index in [1.54, 1.807) is 0 Å². The van der Waals surface area contributed by atoms with E-state index >= 15 is 0 Å². The van der Waals surface area contributed by atoms with Crippen LogP contribution >= 0.6 is 0 Å². The molecule has 0 unspecified atom stereocenters. The van der Waals surface area contributed by atoms with Gasteiger partial charge in [0.2, 0.25) is 0 Å². The molecular weight excluding hydrogens is 64.8 g/mol. The van der Waals surface area contributed by atoms with E-state index in [0.29, 0.717) is 0 Å². The van der Waals surface area contributed by atoms with Gasteiger partial charge in [0.15, 0.2) is 0 Å². The molecule has 0 rings (SSSR count). The number of hydrogen-bond acceptors (Lipinski definition) is 2. The van der Waals surface area contributed by atoms with Crippen LogP contribution in [0.5, 0.6) is 0 Å². The Morgan fingerprint density at radius 1 is 2.00 bits per heavy atom. The van der Waals surface area contributed by atoms with Crippen molar-refractivity contribution in [3.8, 4) is 0 Å². The Kier molecular flexibility index (Phi) is 3.47. The van der Waals surface area contributed by atoms with Crippen LogP contribution < -0.4 is 5.64 Å². The minimum absolute atomic E-state index is 0.0382. The van der Waals surface area contributed by atoms with Crippen LogP contribution in [0.1, 0.15) is 0 Å². The Hall–Kier alpha value is -0.305. The molecule has 0 saturated heterocycles. The molecule has 0 aromatic carbocycles. The molecule has 0 bridgehead atoms. The molecule has 0 radical (unpaired) electrons. The molecular formula is C2H6BNO. The zero-order valence-electron chi connectivity index (χ0n) is 2.89. The van der Waals surface area contributed by atoms with Crippen molar-refractivity contribution in [1.82, 2.24) is 0 Å². The molecule has 0 amide bonds. The van der Waals surface area contributed by atoms with Crippen LogP contribution in [0.3, 0.4) is 0 Å². The van der Waals surface area contributed by atoms with Gasteiger partial charge in [-0.1, -0.05) is 0 Å². The fraction of sp³-hybridized carbons (Fsp3) is 0.500. The average molecular weight is 70.9 g/mol. The van der Waals surface area contributed by atoms with E-state index in [4.69, 9.17) is 10.8 Å². The molecule has 2 nitrogen and oxygen atoms in total. The monoisotopic (exact) mass is 71.1 g/mol. The Bertz CT molecular complexity index is 36.6. The van der Waals surface area contributed by atoms with Gasteiger partial charge in [-0.3, -0.25) is 0 Å². The van der Waals surface area contributed by atoms with Crippen molar-refractivity contribution < 1.29 is 5.11 Å². The number of hydrogen-bond donors (Lipinski definition) is 2. The first kappa shape index (κ1) is 4.69. The molecule has 0 atom stereocenters. The van der Waals surface area contributed by atoms with E-state index in [-0.39, 0.29) is 6.61 Å². The van der Waals surface area contributed by atoms with Crippen molar-refractivity contribution in [3.63, 3.8) is 0 Å². The fourth-order valence-electron chi connectivity index (χ4n) is 0.0609. The van der Waals surface area contributed by atoms with Crippen LogP contribution in [-0.4, -0.2) is 24.7 Å². The van der Waals surface area contributed by atoms with Crippen molar-refractivity contribution in [2.75, 3.05) is 6.61 Å². The summed E-state index contributed by atoms with van der Waals surface area (Å²) < 4.78 is 0. The van der Waals surface area contributed by atoms with Gasteiger partial charge in [-0.25, -0.2) is 0 Å². The molecule has 0 aromatic rings. The fourth-order valence-corrected chi connectivity index (χ4v) is 0.0609. The summed E-state index contributed by atoms with van der Waals surface area (Å²) in [6.07, 6.45) is 0. The van der Waals surface area contributed by atoms with Crippen LogP contribution in [0, 0.1) is 0 Å². The van der Waals surface area contributed by atoms with Crippen molar-refractivity contribution >= 4 is 13.0 Å². The van der Waals surface area contributed by atoms with Gasteiger partial charge in [0.25, 0.3) is 0 Å². The van der Waals surface area contributed by atoms with Crippen molar-refractivity contribution in [2.45, 2.75) is 0 Å². The molecule has 0 spiro atoms. The second-order valence-corrected chi connectivity index (χ2v) is 0.611. The first-order chi connectivity index (χ1) is 2.41.